The van der Waals surface area contributed by atoms with Gasteiger partial charge in [0.15, 0.2) is 0 Å². The topological polar surface area (TPSA) is 86.8 Å². The summed E-state index contributed by atoms with van der Waals surface area (Å²) >= 11 is 6.03. The lowest BCUT2D eigenvalue weighted by molar-refractivity contribution is -0.139. The van der Waals surface area contributed by atoms with Gasteiger partial charge in [-0.05, 0) is 49.9 Å². The van der Waals surface area contributed by atoms with Crippen molar-refractivity contribution in [1.29, 1.82) is 0 Å². The highest BCUT2D eigenvalue weighted by molar-refractivity contribution is 7.92. The highest BCUT2D eigenvalue weighted by Gasteiger charge is 2.26. The first kappa shape index (κ1) is 27.7. The summed E-state index contributed by atoms with van der Waals surface area (Å²) < 4.78 is 25.9. The van der Waals surface area contributed by atoms with Gasteiger partial charge in [-0.3, -0.25) is 13.9 Å². The van der Waals surface area contributed by atoms with Crippen molar-refractivity contribution >= 4 is 39.1 Å². The van der Waals surface area contributed by atoms with Crippen molar-refractivity contribution in [2.45, 2.75) is 45.6 Å². The number of carbonyl (C=O) groups excluding carboxylic acids is 2. The first-order valence-corrected chi connectivity index (χ1v) is 13.7. The first-order valence-electron chi connectivity index (χ1n) is 11.5. The number of benzene rings is 2. The fraction of sp³-hybridized carbons (Fsp3) is 0.440. The van der Waals surface area contributed by atoms with E-state index in [0.717, 1.165) is 18.2 Å². The number of carbonyl (C=O) groups is 2. The Morgan fingerprint density at radius 1 is 1.06 bits per heavy atom. The molecule has 0 unspecified atom stereocenters. The molecule has 34 heavy (non-hydrogen) atoms. The van der Waals surface area contributed by atoms with Gasteiger partial charge < -0.3 is 10.2 Å². The lowest BCUT2D eigenvalue weighted by Gasteiger charge is -2.29. The van der Waals surface area contributed by atoms with E-state index in [1.165, 1.54) is 4.31 Å². The van der Waals surface area contributed by atoms with Gasteiger partial charge in [0.25, 0.3) is 0 Å². The molecule has 2 rings (SSSR count). The Kier molecular flexibility index (Phi) is 10.9. The summed E-state index contributed by atoms with van der Waals surface area (Å²) in [6.07, 6.45) is 2.98. The van der Waals surface area contributed by atoms with Gasteiger partial charge in [0.2, 0.25) is 21.8 Å². The zero-order valence-electron chi connectivity index (χ0n) is 20.0. The van der Waals surface area contributed by atoms with E-state index in [9.17, 15) is 18.0 Å². The van der Waals surface area contributed by atoms with Crippen molar-refractivity contribution in [3.8, 4) is 0 Å². The number of sulfonamides is 1. The average molecular weight is 508 g/mol. The van der Waals surface area contributed by atoms with E-state index in [0.29, 0.717) is 36.6 Å². The molecule has 0 bridgehead atoms. The lowest BCUT2D eigenvalue weighted by Crippen LogP contribution is -2.49. The number of rotatable bonds is 13. The van der Waals surface area contributed by atoms with Gasteiger partial charge in [-0.15, -0.1) is 0 Å². The van der Waals surface area contributed by atoms with Gasteiger partial charge in [-0.1, -0.05) is 54.9 Å². The minimum absolute atomic E-state index is 0.118. The molecule has 2 aromatic rings. The third-order valence-corrected chi connectivity index (χ3v) is 6.88. The summed E-state index contributed by atoms with van der Waals surface area (Å²) in [5, 5.41) is 3.29. The molecule has 2 amide bonds. The van der Waals surface area contributed by atoms with Crippen LogP contribution in [0.5, 0.6) is 0 Å². The highest BCUT2D eigenvalue weighted by Crippen LogP contribution is 2.22. The van der Waals surface area contributed by atoms with E-state index in [4.69, 9.17) is 11.6 Å². The number of amides is 2. The monoisotopic (exact) mass is 507 g/mol. The van der Waals surface area contributed by atoms with Crippen LogP contribution in [0.25, 0.3) is 0 Å². The van der Waals surface area contributed by atoms with Gasteiger partial charge >= 0.3 is 0 Å². The summed E-state index contributed by atoms with van der Waals surface area (Å²) in [6.45, 7) is 4.77. The molecule has 0 aliphatic rings. The molecule has 0 aromatic heterocycles. The maximum Gasteiger partial charge on any atom is 0.242 e. The summed E-state index contributed by atoms with van der Waals surface area (Å²) in [5.41, 5.74) is 1.53. The third-order valence-electron chi connectivity index (χ3n) is 5.45. The second-order valence-corrected chi connectivity index (χ2v) is 10.6. The van der Waals surface area contributed by atoms with Crippen LogP contribution in [0.15, 0.2) is 54.6 Å². The molecule has 1 atom stereocenters. The summed E-state index contributed by atoms with van der Waals surface area (Å²) in [6, 6.07) is 15.8. The highest BCUT2D eigenvalue weighted by atomic mass is 35.5. The smallest absolute Gasteiger partial charge is 0.242 e. The zero-order valence-corrected chi connectivity index (χ0v) is 21.6. The molecular weight excluding hydrogens is 474 g/mol. The Labute approximate surface area is 208 Å². The molecule has 0 aliphatic heterocycles. The summed E-state index contributed by atoms with van der Waals surface area (Å²) in [4.78, 5) is 27.3. The molecule has 0 heterocycles. The van der Waals surface area contributed by atoms with Crippen LogP contribution in [0.4, 0.5) is 5.69 Å². The van der Waals surface area contributed by atoms with Crippen molar-refractivity contribution < 1.29 is 18.0 Å². The fourth-order valence-corrected chi connectivity index (χ4v) is 4.74. The van der Waals surface area contributed by atoms with Gasteiger partial charge in [0.05, 0.1) is 11.9 Å². The third kappa shape index (κ3) is 8.65. The summed E-state index contributed by atoms with van der Waals surface area (Å²) in [7, 11) is -3.55. The molecular formula is C25H34ClN3O4S. The molecule has 1 N–H and O–H groups in total. The molecule has 0 radical (unpaired) electrons. The molecule has 0 spiro atoms. The number of hydrogen-bond acceptors (Lipinski definition) is 4. The minimum Gasteiger partial charge on any atom is -0.354 e. The van der Waals surface area contributed by atoms with E-state index in [2.05, 4.69) is 5.32 Å². The van der Waals surface area contributed by atoms with Crippen molar-refractivity contribution in [1.82, 2.24) is 10.2 Å². The summed E-state index contributed by atoms with van der Waals surface area (Å²) in [5.74, 6) is -0.380. The standard InChI is InChI=1S/C25H34ClN3O4S/c1-4-16-27-25(31)20(2)28(18-15-21-10-6-5-7-11-21)24(30)14-9-17-29(34(3,32)33)23-13-8-12-22(26)19-23/h5-8,10-13,19-20H,4,9,14-18H2,1-3H3,(H,27,31)/t20-/m1/s1. The molecule has 0 saturated heterocycles. The average Bonchev–Trinajstić information content (AvgIpc) is 2.80. The second kappa shape index (κ2) is 13.3. The molecule has 0 saturated carbocycles. The first-order chi connectivity index (χ1) is 16.1. The Balaban J connectivity index is 2.09. The molecule has 0 fully saturated rings. The fourth-order valence-electron chi connectivity index (χ4n) is 3.60. The van der Waals surface area contributed by atoms with Crippen LogP contribution in [0.2, 0.25) is 5.02 Å². The predicted octanol–water partition coefficient (Wildman–Crippen LogP) is 3.87. The van der Waals surface area contributed by atoms with Crippen LogP contribution in [0, 0.1) is 0 Å². The predicted molar refractivity (Wildman–Crippen MR) is 137 cm³/mol. The van der Waals surface area contributed by atoms with E-state index in [1.807, 2.05) is 37.3 Å². The molecule has 7 nitrogen and oxygen atoms in total. The molecule has 0 aliphatic carbocycles. The maximum atomic E-state index is 13.2. The van der Waals surface area contributed by atoms with Crippen molar-refractivity contribution in [3.05, 3.63) is 65.2 Å². The van der Waals surface area contributed by atoms with Crippen LogP contribution in [0.1, 0.15) is 38.7 Å². The van der Waals surface area contributed by atoms with E-state index in [-0.39, 0.29) is 24.8 Å². The normalized spacial score (nSPS) is 12.1. The van der Waals surface area contributed by atoms with Gasteiger partial charge in [-0.2, -0.15) is 0 Å². The second-order valence-electron chi connectivity index (χ2n) is 8.21. The molecule has 9 heteroatoms. The van der Waals surface area contributed by atoms with Crippen molar-refractivity contribution in [3.63, 3.8) is 0 Å². The van der Waals surface area contributed by atoms with Crippen molar-refractivity contribution in [2.75, 3.05) is 30.2 Å². The Hall–Kier alpha value is -2.58. The Bertz CT molecular complexity index is 1050. The Morgan fingerprint density at radius 2 is 1.76 bits per heavy atom. The Morgan fingerprint density at radius 3 is 2.38 bits per heavy atom. The maximum absolute atomic E-state index is 13.2. The van der Waals surface area contributed by atoms with Crippen LogP contribution in [-0.2, 0) is 26.0 Å². The quantitative estimate of drug-likeness (QED) is 0.446. The lowest BCUT2D eigenvalue weighted by atomic mass is 10.1. The van der Waals surface area contributed by atoms with E-state index >= 15 is 0 Å². The van der Waals surface area contributed by atoms with Crippen molar-refractivity contribution in [2.24, 2.45) is 0 Å². The van der Waals surface area contributed by atoms with Gasteiger partial charge in [-0.25, -0.2) is 8.42 Å². The number of hydrogen-bond donors (Lipinski definition) is 1. The van der Waals surface area contributed by atoms with Crippen LogP contribution in [-0.4, -0.2) is 57.1 Å². The number of nitrogens with one attached hydrogen (secondary N) is 1. The van der Waals surface area contributed by atoms with Crippen LogP contribution >= 0.6 is 11.6 Å². The minimum atomic E-state index is -3.55. The number of anilines is 1. The molecule has 186 valence electrons. The molecule has 2 aromatic carbocycles. The number of nitrogens with zero attached hydrogens (tertiary/aromatic N) is 2. The largest absolute Gasteiger partial charge is 0.354 e. The van der Waals surface area contributed by atoms with E-state index in [1.54, 1.807) is 36.1 Å². The van der Waals surface area contributed by atoms with Crippen LogP contribution < -0.4 is 9.62 Å². The number of halogens is 1. The van der Waals surface area contributed by atoms with Gasteiger partial charge in [0.1, 0.15) is 6.04 Å². The van der Waals surface area contributed by atoms with Crippen LogP contribution in [0.3, 0.4) is 0 Å². The van der Waals surface area contributed by atoms with E-state index < -0.39 is 16.1 Å². The zero-order chi connectivity index (χ0) is 25.1. The van der Waals surface area contributed by atoms with Gasteiger partial charge in [0, 0.05) is 31.1 Å². The SMILES string of the molecule is CCCNC(=O)[C@@H](C)N(CCc1ccccc1)C(=O)CCCN(c1cccc(Cl)c1)S(C)(=O)=O.